The Labute approximate surface area is 195 Å². The normalized spacial score (nSPS) is 12.1. The predicted octanol–water partition coefficient (Wildman–Crippen LogP) is 5.58. The van der Waals surface area contributed by atoms with Crippen molar-refractivity contribution in [2.24, 2.45) is 0 Å². The van der Waals surface area contributed by atoms with Gasteiger partial charge in [-0.1, -0.05) is 35.5 Å². The third kappa shape index (κ3) is 4.50. The minimum Gasteiger partial charge on any atom is -0.506 e. The van der Waals surface area contributed by atoms with Crippen LogP contribution in [0, 0.1) is 12.7 Å². The van der Waals surface area contributed by atoms with Gasteiger partial charge in [-0.15, -0.1) is 11.3 Å². The highest BCUT2D eigenvalue weighted by molar-refractivity contribution is 8.00. The molecule has 0 radical (unpaired) electrons. The number of carbonyl (C=O) groups is 1. The zero-order valence-electron chi connectivity index (χ0n) is 16.9. The minimum atomic E-state index is -0.619. The van der Waals surface area contributed by atoms with Crippen LogP contribution in [0.5, 0.6) is 5.75 Å². The van der Waals surface area contributed by atoms with Crippen LogP contribution in [0.3, 0.4) is 0 Å². The number of phenols is 1. The molecular weight excluding hydrogens is 473 g/mol. The zero-order chi connectivity index (χ0) is 23.0. The molecule has 6 nitrogen and oxygen atoms in total. The van der Waals surface area contributed by atoms with Gasteiger partial charge in [0.1, 0.15) is 16.4 Å². The molecule has 0 saturated heterocycles. The van der Waals surface area contributed by atoms with Crippen LogP contribution in [0.1, 0.15) is 11.8 Å². The molecule has 0 aliphatic carbocycles. The van der Waals surface area contributed by atoms with Crippen LogP contribution in [-0.2, 0) is 4.79 Å². The molecule has 0 spiro atoms. The van der Waals surface area contributed by atoms with E-state index in [1.165, 1.54) is 41.7 Å². The average Bonchev–Trinajstić information content (AvgIpc) is 3.07. The number of amides is 1. The molecule has 2 aromatic heterocycles. The van der Waals surface area contributed by atoms with E-state index in [0.29, 0.717) is 20.4 Å². The van der Waals surface area contributed by atoms with Gasteiger partial charge in [-0.3, -0.25) is 9.59 Å². The van der Waals surface area contributed by atoms with Crippen molar-refractivity contribution in [3.05, 3.63) is 68.5 Å². The minimum absolute atomic E-state index is 0.102. The fourth-order valence-electron chi connectivity index (χ4n) is 3.18. The molecule has 1 amide bonds. The van der Waals surface area contributed by atoms with Crippen molar-refractivity contribution in [1.29, 1.82) is 0 Å². The third-order valence-electron chi connectivity index (χ3n) is 4.72. The Balaban J connectivity index is 1.60. The second-order valence-electron chi connectivity index (χ2n) is 7.00. The van der Waals surface area contributed by atoms with E-state index in [4.69, 9.17) is 11.6 Å². The molecule has 0 aliphatic rings. The highest BCUT2D eigenvalue weighted by atomic mass is 35.5. The predicted molar refractivity (Wildman–Crippen MR) is 127 cm³/mol. The van der Waals surface area contributed by atoms with Gasteiger partial charge in [0.05, 0.1) is 16.3 Å². The van der Waals surface area contributed by atoms with Gasteiger partial charge in [0.15, 0.2) is 5.16 Å². The molecule has 1 unspecified atom stereocenters. The fraction of sp³-hybridized carbons (Fsp3) is 0.136. The lowest BCUT2D eigenvalue weighted by atomic mass is 10.0. The van der Waals surface area contributed by atoms with Crippen molar-refractivity contribution in [2.75, 3.05) is 5.32 Å². The molecule has 2 aromatic carbocycles. The van der Waals surface area contributed by atoms with Crippen LogP contribution in [-0.4, -0.2) is 26.2 Å². The summed E-state index contributed by atoms with van der Waals surface area (Å²) in [7, 11) is 0. The number of nitrogens with one attached hydrogen (secondary N) is 2. The first-order valence-corrected chi connectivity index (χ1v) is 11.6. The molecule has 3 N–H and O–H groups in total. The molecular formula is C22H17ClFN3O3S2. The van der Waals surface area contributed by atoms with Gasteiger partial charge in [-0.2, -0.15) is 0 Å². The van der Waals surface area contributed by atoms with Crippen molar-refractivity contribution in [2.45, 2.75) is 24.3 Å². The smallest absolute Gasteiger partial charge is 0.260 e. The summed E-state index contributed by atoms with van der Waals surface area (Å²) >= 11 is 8.36. The molecule has 32 heavy (non-hydrogen) atoms. The Morgan fingerprint density at radius 2 is 2.00 bits per heavy atom. The SMILES string of the molecule is Cc1sc2nc(SC(C)C(=O)Nc3cc(Cl)ccc3O)[nH]c(=O)c2c1-c1ccc(F)cc1. The largest absolute Gasteiger partial charge is 0.506 e. The highest BCUT2D eigenvalue weighted by Gasteiger charge is 2.21. The first-order chi connectivity index (χ1) is 15.2. The first kappa shape index (κ1) is 22.3. The quantitative estimate of drug-likeness (QED) is 0.193. The molecule has 0 bridgehead atoms. The lowest BCUT2D eigenvalue weighted by Crippen LogP contribution is -2.23. The summed E-state index contributed by atoms with van der Waals surface area (Å²) in [6.07, 6.45) is 0. The van der Waals surface area contributed by atoms with Crippen molar-refractivity contribution < 1.29 is 14.3 Å². The summed E-state index contributed by atoms with van der Waals surface area (Å²) in [6, 6.07) is 10.3. The number of thioether (sulfide) groups is 1. The van der Waals surface area contributed by atoms with Crippen LogP contribution in [0.25, 0.3) is 21.3 Å². The number of nitrogens with zero attached hydrogens (tertiary/aromatic N) is 1. The number of fused-ring (bicyclic) bond motifs is 1. The number of anilines is 1. The van der Waals surface area contributed by atoms with Crippen LogP contribution in [0.4, 0.5) is 10.1 Å². The molecule has 164 valence electrons. The number of rotatable bonds is 5. The molecule has 4 rings (SSSR count). The van der Waals surface area contributed by atoms with Crippen LogP contribution < -0.4 is 10.9 Å². The van der Waals surface area contributed by atoms with E-state index in [1.807, 2.05) is 6.92 Å². The Kier molecular flexibility index (Phi) is 6.23. The Morgan fingerprint density at radius 3 is 2.72 bits per heavy atom. The number of aryl methyl sites for hydroxylation is 1. The highest BCUT2D eigenvalue weighted by Crippen LogP contribution is 2.36. The number of H-pyrrole nitrogens is 1. The van der Waals surface area contributed by atoms with Gasteiger partial charge in [0.2, 0.25) is 5.91 Å². The summed E-state index contributed by atoms with van der Waals surface area (Å²) in [6.45, 7) is 3.54. The Bertz CT molecular complexity index is 1390. The number of carbonyl (C=O) groups excluding carboxylic acids is 1. The van der Waals surface area contributed by atoms with E-state index < -0.39 is 5.25 Å². The summed E-state index contributed by atoms with van der Waals surface area (Å²) in [5.41, 5.74) is 1.32. The first-order valence-electron chi connectivity index (χ1n) is 9.48. The second-order valence-corrected chi connectivity index (χ2v) is 9.97. The van der Waals surface area contributed by atoms with Gasteiger partial charge in [0.25, 0.3) is 5.56 Å². The monoisotopic (exact) mass is 489 g/mol. The third-order valence-corrected chi connectivity index (χ3v) is 6.94. The Hall–Kier alpha value is -2.88. The number of aromatic hydroxyl groups is 1. The summed E-state index contributed by atoms with van der Waals surface area (Å²) in [4.78, 5) is 34.1. The maximum absolute atomic E-state index is 13.3. The lowest BCUT2D eigenvalue weighted by molar-refractivity contribution is -0.115. The van der Waals surface area contributed by atoms with E-state index in [9.17, 15) is 19.1 Å². The average molecular weight is 490 g/mol. The number of hydrogen-bond acceptors (Lipinski definition) is 6. The standard InChI is InChI=1S/C22H17ClFN3O3S2/c1-10-17(12-3-6-14(24)7-4-12)18-20(30)26-22(27-21(18)31-10)32-11(2)19(29)25-15-9-13(23)5-8-16(15)28/h3-9,11,28H,1-2H3,(H,25,29)(H,26,27,30). The topological polar surface area (TPSA) is 95.1 Å². The second kappa shape index (κ2) is 8.93. The zero-order valence-corrected chi connectivity index (χ0v) is 19.3. The lowest BCUT2D eigenvalue weighted by Gasteiger charge is -2.12. The van der Waals surface area contributed by atoms with Gasteiger partial charge in [-0.05, 0) is 49.7 Å². The van der Waals surface area contributed by atoms with Crippen LogP contribution in [0.15, 0.2) is 52.4 Å². The summed E-state index contributed by atoms with van der Waals surface area (Å²) < 4.78 is 13.3. The van der Waals surface area contributed by atoms with E-state index in [-0.39, 0.29) is 28.7 Å². The van der Waals surface area contributed by atoms with Crippen molar-refractivity contribution in [3.8, 4) is 16.9 Å². The molecule has 0 aliphatic heterocycles. The van der Waals surface area contributed by atoms with E-state index in [1.54, 1.807) is 19.1 Å². The van der Waals surface area contributed by atoms with Crippen LogP contribution in [0.2, 0.25) is 5.02 Å². The number of thiophene rings is 1. The van der Waals surface area contributed by atoms with Gasteiger partial charge in [-0.25, -0.2) is 9.37 Å². The van der Waals surface area contributed by atoms with Crippen LogP contribution >= 0.6 is 34.7 Å². The van der Waals surface area contributed by atoms with Crippen molar-refractivity contribution >= 4 is 56.5 Å². The molecule has 0 fully saturated rings. The molecule has 0 saturated carbocycles. The Morgan fingerprint density at radius 1 is 1.28 bits per heavy atom. The fourth-order valence-corrected chi connectivity index (χ4v) is 5.26. The van der Waals surface area contributed by atoms with Crippen molar-refractivity contribution in [1.82, 2.24) is 9.97 Å². The number of aromatic amines is 1. The summed E-state index contributed by atoms with van der Waals surface area (Å²) in [5, 5.41) is 13.0. The number of hydrogen-bond donors (Lipinski definition) is 3. The van der Waals surface area contributed by atoms with E-state index in [2.05, 4.69) is 15.3 Å². The van der Waals surface area contributed by atoms with Gasteiger partial charge < -0.3 is 15.4 Å². The van der Waals surface area contributed by atoms with E-state index >= 15 is 0 Å². The molecule has 1 atom stereocenters. The molecule has 2 heterocycles. The maximum atomic E-state index is 13.3. The molecule has 4 aromatic rings. The van der Waals surface area contributed by atoms with Gasteiger partial charge >= 0.3 is 0 Å². The number of halogens is 2. The number of phenolic OH excluding ortho intramolecular Hbond substituents is 1. The van der Waals surface area contributed by atoms with E-state index in [0.717, 1.165) is 27.8 Å². The number of aromatic nitrogens is 2. The maximum Gasteiger partial charge on any atom is 0.260 e. The number of benzene rings is 2. The van der Waals surface area contributed by atoms with Crippen molar-refractivity contribution in [3.63, 3.8) is 0 Å². The summed E-state index contributed by atoms with van der Waals surface area (Å²) in [5.74, 6) is -0.838. The van der Waals surface area contributed by atoms with Gasteiger partial charge in [0, 0.05) is 15.5 Å². The molecule has 10 heteroatoms.